The first-order valence-electron chi connectivity index (χ1n) is 6.95. The molecule has 8 nitrogen and oxygen atoms in total. The summed E-state index contributed by atoms with van der Waals surface area (Å²) in [7, 11) is 3.14. The van der Waals surface area contributed by atoms with Gasteiger partial charge < -0.3 is 20.5 Å². The summed E-state index contributed by atoms with van der Waals surface area (Å²) in [5.74, 6) is 1.24. The number of carbonyl (C=O) groups is 1. The standard InChI is InChI=1S/C15H17N5O3/c1-8-12(14(16)21)13(20-15(19-8)17-7-18-20)10-6-9(22-2)4-5-11(10)23-3/h4-7,13H,1-3H3,(H2,16,21)(H,17,18,19)/t13-/m0/s1. The first kappa shape index (κ1) is 14.9. The first-order chi connectivity index (χ1) is 11.1. The molecule has 0 bridgehead atoms. The van der Waals surface area contributed by atoms with E-state index in [9.17, 15) is 4.79 Å². The zero-order chi connectivity index (χ0) is 16.6. The monoisotopic (exact) mass is 315 g/mol. The quantitative estimate of drug-likeness (QED) is 0.874. The van der Waals surface area contributed by atoms with Gasteiger partial charge in [0.05, 0.1) is 19.8 Å². The van der Waals surface area contributed by atoms with E-state index < -0.39 is 11.9 Å². The van der Waals surface area contributed by atoms with E-state index in [2.05, 4.69) is 15.4 Å². The number of ether oxygens (including phenoxy) is 2. The van der Waals surface area contributed by atoms with Gasteiger partial charge in [0, 0.05) is 11.3 Å². The van der Waals surface area contributed by atoms with Crippen LogP contribution in [-0.4, -0.2) is 34.9 Å². The summed E-state index contributed by atoms with van der Waals surface area (Å²) in [6.07, 6.45) is 1.42. The molecule has 0 spiro atoms. The van der Waals surface area contributed by atoms with Crippen molar-refractivity contribution in [1.82, 2.24) is 14.8 Å². The summed E-state index contributed by atoms with van der Waals surface area (Å²) >= 11 is 0. The second-order valence-corrected chi connectivity index (χ2v) is 5.07. The summed E-state index contributed by atoms with van der Waals surface area (Å²) in [6.45, 7) is 1.78. The van der Waals surface area contributed by atoms with Crippen LogP contribution in [0.1, 0.15) is 18.5 Å². The molecule has 120 valence electrons. The minimum atomic E-state index is -0.545. The van der Waals surface area contributed by atoms with Crippen LogP contribution in [0.5, 0.6) is 11.5 Å². The van der Waals surface area contributed by atoms with Crippen molar-refractivity contribution in [2.45, 2.75) is 13.0 Å². The number of primary amides is 1. The van der Waals surface area contributed by atoms with Crippen LogP contribution in [0, 0.1) is 0 Å². The minimum Gasteiger partial charge on any atom is -0.497 e. The summed E-state index contributed by atoms with van der Waals surface area (Å²) in [5, 5.41) is 7.25. The second kappa shape index (κ2) is 5.64. The lowest BCUT2D eigenvalue weighted by Crippen LogP contribution is -2.32. The average Bonchev–Trinajstić information content (AvgIpc) is 3.00. The van der Waals surface area contributed by atoms with Crippen molar-refractivity contribution in [2.24, 2.45) is 5.73 Å². The fourth-order valence-electron chi connectivity index (χ4n) is 2.75. The van der Waals surface area contributed by atoms with E-state index in [1.54, 1.807) is 44.0 Å². The van der Waals surface area contributed by atoms with Crippen LogP contribution in [0.3, 0.4) is 0 Å². The van der Waals surface area contributed by atoms with Crippen molar-refractivity contribution in [3.05, 3.63) is 41.4 Å². The van der Waals surface area contributed by atoms with Crippen molar-refractivity contribution < 1.29 is 14.3 Å². The van der Waals surface area contributed by atoms with E-state index in [4.69, 9.17) is 15.2 Å². The zero-order valence-electron chi connectivity index (χ0n) is 13.0. The number of nitrogens with zero attached hydrogens (tertiary/aromatic N) is 3. The van der Waals surface area contributed by atoms with Crippen molar-refractivity contribution in [3.8, 4) is 11.5 Å². The lowest BCUT2D eigenvalue weighted by atomic mass is 9.94. The molecule has 0 saturated heterocycles. The van der Waals surface area contributed by atoms with Gasteiger partial charge in [-0.05, 0) is 25.1 Å². The maximum Gasteiger partial charge on any atom is 0.248 e. The van der Waals surface area contributed by atoms with Gasteiger partial charge in [0.15, 0.2) is 0 Å². The van der Waals surface area contributed by atoms with Gasteiger partial charge in [0.2, 0.25) is 11.9 Å². The lowest BCUT2D eigenvalue weighted by Gasteiger charge is -2.28. The topological polar surface area (TPSA) is 104 Å². The Hall–Kier alpha value is -3.03. The maximum absolute atomic E-state index is 12.0. The smallest absolute Gasteiger partial charge is 0.248 e. The predicted octanol–water partition coefficient (Wildman–Crippen LogP) is 1.07. The number of anilines is 1. The molecular weight excluding hydrogens is 298 g/mol. The van der Waals surface area contributed by atoms with Gasteiger partial charge in [0.25, 0.3) is 0 Å². The zero-order valence-corrected chi connectivity index (χ0v) is 13.0. The number of hydrogen-bond donors (Lipinski definition) is 2. The number of rotatable bonds is 4. The summed E-state index contributed by atoms with van der Waals surface area (Å²) in [6, 6.07) is 4.82. The highest BCUT2D eigenvalue weighted by Crippen LogP contribution is 2.39. The van der Waals surface area contributed by atoms with Crippen LogP contribution in [-0.2, 0) is 4.79 Å². The molecule has 0 aliphatic carbocycles. The largest absolute Gasteiger partial charge is 0.497 e. The molecule has 3 rings (SSSR count). The molecule has 2 heterocycles. The number of carbonyl (C=O) groups excluding carboxylic acids is 1. The number of allylic oxidation sites excluding steroid dienone is 1. The average molecular weight is 315 g/mol. The molecule has 1 atom stereocenters. The Morgan fingerprint density at radius 2 is 2.13 bits per heavy atom. The van der Waals surface area contributed by atoms with Gasteiger partial charge in [-0.3, -0.25) is 4.79 Å². The van der Waals surface area contributed by atoms with E-state index in [0.29, 0.717) is 34.3 Å². The molecule has 1 aromatic heterocycles. The molecule has 1 aliphatic heterocycles. The maximum atomic E-state index is 12.0. The Balaban J connectivity index is 2.26. The van der Waals surface area contributed by atoms with Gasteiger partial charge in [-0.25, -0.2) is 4.68 Å². The van der Waals surface area contributed by atoms with Crippen molar-refractivity contribution in [2.75, 3.05) is 19.5 Å². The molecule has 1 aromatic carbocycles. The Morgan fingerprint density at radius 3 is 2.78 bits per heavy atom. The van der Waals surface area contributed by atoms with E-state index in [1.807, 2.05) is 0 Å². The third kappa shape index (κ3) is 2.37. The van der Waals surface area contributed by atoms with Crippen molar-refractivity contribution >= 4 is 11.9 Å². The van der Waals surface area contributed by atoms with Gasteiger partial charge >= 0.3 is 0 Å². The van der Waals surface area contributed by atoms with Gasteiger partial charge in [0.1, 0.15) is 23.9 Å². The Bertz CT molecular complexity index is 796. The number of methoxy groups -OCH3 is 2. The molecule has 3 N–H and O–H groups in total. The molecule has 8 heteroatoms. The SMILES string of the molecule is COc1ccc(OC)c([C@H]2C(C(N)=O)=C(C)Nc3ncnn32)c1. The van der Waals surface area contributed by atoms with Crippen molar-refractivity contribution in [1.29, 1.82) is 0 Å². The van der Waals surface area contributed by atoms with E-state index in [1.165, 1.54) is 6.33 Å². The number of hydrogen-bond acceptors (Lipinski definition) is 6. The summed E-state index contributed by atoms with van der Waals surface area (Å²) in [5.41, 5.74) is 7.35. The van der Waals surface area contributed by atoms with E-state index in [-0.39, 0.29) is 0 Å². The molecule has 1 aliphatic rings. The fourth-order valence-corrected chi connectivity index (χ4v) is 2.75. The van der Waals surface area contributed by atoms with Crippen molar-refractivity contribution in [3.63, 3.8) is 0 Å². The van der Waals surface area contributed by atoms with Crippen LogP contribution >= 0.6 is 0 Å². The molecule has 0 fully saturated rings. The van der Waals surface area contributed by atoms with Crippen LogP contribution in [0.2, 0.25) is 0 Å². The molecule has 1 amide bonds. The number of nitrogens with two attached hydrogens (primary N) is 1. The number of aromatic nitrogens is 3. The first-order valence-corrected chi connectivity index (χ1v) is 6.95. The third-order valence-corrected chi connectivity index (χ3v) is 3.79. The summed E-state index contributed by atoms with van der Waals surface area (Å²) in [4.78, 5) is 16.2. The molecular formula is C15H17N5O3. The predicted molar refractivity (Wildman–Crippen MR) is 83.2 cm³/mol. The molecule has 0 radical (unpaired) electrons. The van der Waals surface area contributed by atoms with E-state index >= 15 is 0 Å². The molecule has 23 heavy (non-hydrogen) atoms. The molecule has 0 unspecified atom stereocenters. The number of benzene rings is 1. The lowest BCUT2D eigenvalue weighted by molar-refractivity contribution is -0.115. The highest BCUT2D eigenvalue weighted by Gasteiger charge is 2.34. The van der Waals surface area contributed by atoms with Crippen LogP contribution in [0.25, 0.3) is 0 Å². The highest BCUT2D eigenvalue weighted by atomic mass is 16.5. The van der Waals surface area contributed by atoms with Gasteiger partial charge in [-0.1, -0.05) is 0 Å². The van der Waals surface area contributed by atoms with Crippen LogP contribution in [0.15, 0.2) is 35.8 Å². The van der Waals surface area contributed by atoms with Crippen LogP contribution in [0.4, 0.5) is 5.95 Å². The fraction of sp³-hybridized carbons (Fsp3) is 0.267. The number of amides is 1. The Labute approximate surface area is 132 Å². The van der Waals surface area contributed by atoms with E-state index in [0.717, 1.165) is 0 Å². The molecule has 2 aromatic rings. The number of nitrogens with one attached hydrogen (secondary N) is 1. The Kier molecular flexibility index (Phi) is 3.65. The minimum absolute atomic E-state index is 0.398. The highest BCUT2D eigenvalue weighted by molar-refractivity contribution is 5.95. The normalized spacial score (nSPS) is 16.6. The second-order valence-electron chi connectivity index (χ2n) is 5.07. The summed E-state index contributed by atoms with van der Waals surface area (Å²) < 4.78 is 12.3. The number of fused-ring (bicyclic) bond motifs is 1. The third-order valence-electron chi connectivity index (χ3n) is 3.79. The Morgan fingerprint density at radius 1 is 1.35 bits per heavy atom. The molecule has 0 saturated carbocycles. The van der Waals surface area contributed by atoms with Gasteiger partial charge in [-0.2, -0.15) is 10.1 Å². The van der Waals surface area contributed by atoms with Crippen LogP contribution < -0.4 is 20.5 Å². The van der Waals surface area contributed by atoms with Gasteiger partial charge in [-0.15, -0.1) is 0 Å².